The molecule has 2 atom stereocenters. The standard InChI is InChI=1S/C19H23Cl2N5O2S/c1-2-15-22-19-26(23-15)18(28)17(29-19)16(12-3-4-13(20)14(21)11-12)25-7-5-24(6-8-25)9-10-27/h3-4,11,16-17,27H,2,5-10H2,1H3. The van der Waals surface area contributed by atoms with Gasteiger partial charge in [-0.2, -0.15) is 4.68 Å². The number of aliphatic hydroxyl groups is 1. The summed E-state index contributed by atoms with van der Waals surface area (Å²) in [6.07, 6.45) is 0.696. The third kappa shape index (κ3) is 4.19. The normalized spacial score (nSPS) is 21.5. The number of aliphatic hydroxyl groups excluding tert-OH is 1. The van der Waals surface area contributed by atoms with Crippen LogP contribution in [0.4, 0.5) is 0 Å². The van der Waals surface area contributed by atoms with E-state index in [9.17, 15) is 9.90 Å². The van der Waals surface area contributed by atoms with Gasteiger partial charge < -0.3 is 5.11 Å². The topological polar surface area (TPSA) is 74.5 Å². The predicted molar refractivity (Wildman–Crippen MR) is 114 cm³/mol. The molecule has 0 bridgehead atoms. The summed E-state index contributed by atoms with van der Waals surface area (Å²) in [4.78, 5) is 22.2. The second-order valence-corrected chi connectivity index (χ2v) is 9.10. The summed E-state index contributed by atoms with van der Waals surface area (Å²) in [6.45, 7) is 6.07. The van der Waals surface area contributed by atoms with Gasteiger partial charge in [0.2, 0.25) is 0 Å². The van der Waals surface area contributed by atoms with Crippen LogP contribution in [-0.4, -0.2) is 80.2 Å². The number of aromatic nitrogens is 3. The van der Waals surface area contributed by atoms with Crippen molar-refractivity contribution in [2.45, 2.75) is 29.8 Å². The Kier molecular flexibility index (Phi) is 6.48. The van der Waals surface area contributed by atoms with Gasteiger partial charge in [-0.3, -0.25) is 14.6 Å². The first-order chi connectivity index (χ1) is 14.0. The molecule has 10 heteroatoms. The highest BCUT2D eigenvalue weighted by atomic mass is 35.5. The van der Waals surface area contributed by atoms with Crippen molar-refractivity contribution in [3.8, 4) is 0 Å². The highest BCUT2D eigenvalue weighted by Crippen LogP contribution is 2.42. The Morgan fingerprint density at radius 1 is 1.24 bits per heavy atom. The van der Waals surface area contributed by atoms with Gasteiger partial charge in [-0.25, -0.2) is 4.98 Å². The van der Waals surface area contributed by atoms with Gasteiger partial charge in [0.25, 0.3) is 5.91 Å². The van der Waals surface area contributed by atoms with Crippen molar-refractivity contribution in [3.05, 3.63) is 39.6 Å². The molecule has 2 unspecified atom stereocenters. The Morgan fingerprint density at radius 2 is 2.00 bits per heavy atom. The average molecular weight is 456 g/mol. The molecule has 1 aromatic heterocycles. The second kappa shape index (κ2) is 8.91. The van der Waals surface area contributed by atoms with Gasteiger partial charge in [-0.05, 0) is 17.7 Å². The minimum Gasteiger partial charge on any atom is -0.395 e. The Hall–Kier alpha value is -1.16. The van der Waals surface area contributed by atoms with E-state index >= 15 is 0 Å². The first kappa shape index (κ1) is 21.1. The van der Waals surface area contributed by atoms with E-state index in [1.807, 2.05) is 19.1 Å². The zero-order valence-corrected chi connectivity index (χ0v) is 18.4. The molecule has 0 amide bonds. The minimum absolute atomic E-state index is 0.0499. The van der Waals surface area contributed by atoms with E-state index in [0.717, 1.165) is 31.7 Å². The van der Waals surface area contributed by atoms with E-state index in [2.05, 4.69) is 19.9 Å². The van der Waals surface area contributed by atoms with Crippen LogP contribution in [0.3, 0.4) is 0 Å². The molecule has 1 aromatic carbocycles. The number of thioether (sulfide) groups is 1. The van der Waals surface area contributed by atoms with Gasteiger partial charge >= 0.3 is 0 Å². The van der Waals surface area contributed by atoms with Crippen molar-refractivity contribution < 1.29 is 9.90 Å². The number of halogens is 2. The van der Waals surface area contributed by atoms with Crippen LogP contribution >= 0.6 is 35.0 Å². The maximum atomic E-state index is 13.2. The lowest BCUT2D eigenvalue weighted by atomic mass is 10.00. The number of carbonyl (C=O) groups is 1. The number of benzene rings is 1. The molecular weight excluding hydrogens is 433 g/mol. The second-order valence-electron chi connectivity index (χ2n) is 7.17. The maximum Gasteiger partial charge on any atom is 0.264 e. The van der Waals surface area contributed by atoms with E-state index < -0.39 is 0 Å². The number of piperazine rings is 1. The minimum atomic E-state index is -0.349. The van der Waals surface area contributed by atoms with Gasteiger partial charge in [0, 0.05) is 39.1 Å². The molecule has 2 aliphatic rings. The summed E-state index contributed by atoms with van der Waals surface area (Å²) in [6, 6.07) is 5.42. The molecule has 3 heterocycles. The van der Waals surface area contributed by atoms with Crippen LogP contribution in [0.25, 0.3) is 0 Å². The first-order valence-corrected chi connectivity index (χ1v) is 11.3. The molecule has 7 nitrogen and oxygen atoms in total. The monoisotopic (exact) mass is 455 g/mol. The number of carbonyl (C=O) groups excluding carboxylic acids is 1. The van der Waals surface area contributed by atoms with Crippen molar-refractivity contribution in [3.63, 3.8) is 0 Å². The Labute approximate surface area is 184 Å². The van der Waals surface area contributed by atoms with Crippen LogP contribution in [-0.2, 0) is 6.42 Å². The molecule has 29 heavy (non-hydrogen) atoms. The SMILES string of the molecule is CCc1nc2n(n1)C(=O)C(C(c1ccc(Cl)c(Cl)c1)N1CCN(CCO)CC1)S2. The highest BCUT2D eigenvalue weighted by Gasteiger charge is 2.43. The fraction of sp³-hybridized carbons (Fsp3) is 0.526. The number of aryl methyl sites for hydroxylation is 1. The lowest BCUT2D eigenvalue weighted by Crippen LogP contribution is -2.51. The van der Waals surface area contributed by atoms with Gasteiger partial charge in [0.15, 0.2) is 11.0 Å². The zero-order chi connectivity index (χ0) is 20.5. The molecule has 156 valence electrons. The lowest BCUT2D eigenvalue weighted by Gasteiger charge is -2.40. The summed E-state index contributed by atoms with van der Waals surface area (Å²) < 4.78 is 1.45. The van der Waals surface area contributed by atoms with E-state index in [1.165, 1.54) is 16.4 Å². The fourth-order valence-corrected chi connectivity index (χ4v) is 5.45. The Balaban J connectivity index is 1.63. The molecule has 2 aromatic rings. The lowest BCUT2D eigenvalue weighted by molar-refractivity contribution is 0.0688. The Bertz CT molecular complexity index is 901. The number of fused-ring (bicyclic) bond motifs is 1. The smallest absolute Gasteiger partial charge is 0.264 e. The van der Waals surface area contributed by atoms with Crippen molar-refractivity contribution in [2.24, 2.45) is 0 Å². The van der Waals surface area contributed by atoms with E-state index in [0.29, 0.717) is 34.0 Å². The largest absolute Gasteiger partial charge is 0.395 e. The van der Waals surface area contributed by atoms with Gasteiger partial charge in [0.05, 0.1) is 22.7 Å². The number of rotatable bonds is 6. The van der Waals surface area contributed by atoms with E-state index in [1.54, 1.807) is 6.07 Å². The van der Waals surface area contributed by atoms with Crippen LogP contribution in [0.5, 0.6) is 0 Å². The van der Waals surface area contributed by atoms with E-state index in [-0.39, 0.29) is 23.8 Å². The van der Waals surface area contributed by atoms with Crippen molar-refractivity contribution >= 4 is 40.9 Å². The fourth-order valence-electron chi connectivity index (χ4n) is 3.87. The summed E-state index contributed by atoms with van der Waals surface area (Å²) in [5, 5.41) is 14.8. The molecule has 4 rings (SSSR count). The number of hydrogen-bond acceptors (Lipinski definition) is 7. The summed E-state index contributed by atoms with van der Waals surface area (Å²) in [5.74, 6) is 0.633. The molecule has 0 saturated carbocycles. The predicted octanol–water partition coefficient (Wildman–Crippen LogP) is 2.61. The molecule has 1 N–H and O–H groups in total. The van der Waals surface area contributed by atoms with Gasteiger partial charge in [0.1, 0.15) is 5.25 Å². The summed E-state index contributed by atoms with van der Waals surface area (Å²) in [5.41, 5.74) is 0.960. The van der Waals surface area contributed by atoms with Crippen molar-refractivity contribution in [2.75, 3.05) is 39.3 Å². The third-order valence-electron chi connectivity index (χ3n) is 5.41. The molecule has 1 saturated heterocycles. The molecule has 0 aliphatic carbocycles. The number of β-amino-alcohol motifs (C(OH)–C–C–N with tert-alkyl or cyclic N) is 1. The van der Waals surface area contributed by atoms with Gasteiger partial charge in [-0.15, -0.1) is 5.10 Å². The number of nitrogens with zero attached hydrogens (tertiary/aromatic N) is 5. The van der Waals surface area contributed by atoms with Crippen LogP contribution in [0.2, 0.25) is 10.0 Å². The Morgan fingerprint density at radius 3 is 2.62 bits per heavy atom. The van der Waals surface area contributed by atoms with Crippen molar-refractivity contribution in [1.29, 1.82) is 0 Å². The van der Waals surface area contributed by atoms with Gasteiger partial charge in [-0.1, -0.05) is 48.0 Å². The van der Waals surface area contributed by atoms with Crippen LogP contribution in [0.15, 0.2) is 23.4 Å². The van der Waals surface area contributed by atoms with Crippen molar-refractivity contribution in [1.82, 2.24) is 24.6 Å². The first-order valence-electron chi connectivity index (χ1n) is 9.70. The van der Waals surface area contributed by atoms with Crippen LogP contribution in [0, 0.1) is 0 Å². The average Bonchev–Trinajstić information content (AvgIpc) is 3.26. The zero-order valence-electron chi connectivity index (χ0n) is 16.1. The molecular formula is C19H23Cl2N5O2S. The molecule has 0 spiro atoms. The highest BCUT2D eigenvalue weighted by molar-refractivity contribution is 8.00. The molecule has 2 aliphatic heterocycles. The quantitative estimate of drug-likeness (QED) is 0.717. The van der Waals surface area contributed by atoms with Crippen LogP contribution < -0.4 is 0 Å². The van der Waals surface area contributed by atoms with Crippen LogP contribution in [0.1, 0.15) is 29.1 Å². The number of hydrogen-bond donors (Lipinski definition) is 1. The molecule has 1 fully saturated rings. The third-order valence-corrected chi connectivity index (χ3v) is 7.34. The summed E-state index contributed by atoms with van der Waals surface area (Å²) >= 11 is 13.9. The van der Waals surface area contributed by atoms with E-state index in [4.69, 9.17) is 23.2 Å². The summed E-state index contributed by atoms with van der Waals surface area (Å²) in [7, 11) is 0. The maximum absolute atomic E-state index is 13.2. The molecule has 0 radical (unpaired) electrons.